The topological polar surface area (TPSA) is 41.1 Å². The van der Waals surface area contributed by atoms with Crippen LogP contribution in [0.25, 0.3) is 0 Å². The summed E-state index contributed by atoms with van der Waals surface area (Å²) in [6.07, 6.45) is 8.34. The normalized spacial score (nSPS) is 35.4. The molecule has 4 saturated carbocycles. The van der Waals surface area contributed by atoms with E-state index in [0.29, 0.717) is 5.41 Å². The molecule has 2 N–H and O–H groups in total. The second kappa shape index (κ2) is 5.55. The Morgan fingerprint density at radius 2 is 1.59 bits per heavy atom. The molecule has 5 rings (SSSR count). The van der Waals surface area contributed by atoms with Crippen molar-refractivity contribution in [3.8, 4) is 0 Å². The van der Waals surface area contributed by atoms with Gasteiger partial charge in [0.05, 0.1) is 0 Å². The second-order valence-electron chi connectivity index (χ2n) is 7.73. The van der Waals surface area contributed by atoms with Crippen molar-refractivity contribution in [1.82, 2.24) is 5.32 Å². The second-order valence-corrected chi connectivity index (χ2v) is 8.65. The minimum Gasteiger partial charge on any atom is -0.337 e. The van der Waals surface area contributed by atoms with Gasteiger partial charge in [0, 0.05) is 16.7 Å². The van der Waals surface area contributed by atoms with Gasteiger partial charge in [0.15, 0.2) is 0 Å². The summed E-state index contributed by atoms with van der Waals surface area (Å²) >= 11 is 3.40. The zero-order chi connectivity index (χ0) is 15.2. The largest absolute Gasteiger partial charge is 0.337 e. The Morgan fingerprint density at radius 3 is 2.14 bits per heavy atom. The maximum absolute atomic E-state index is 12.2. The van der Waals surface area contributed by atoms with Crippen molar-refractivity contribution < 1.29 is 4.79 Å². The van der Waals surface area contributed by atoms with E-state index in [1.807, 2.05) is 24.3 Å². The average molecular weight is 363 g/mol. The third-order valence-electron chi connectivity index (χ3n) is 5.89. The van der Waals surface area contributed by atoms with Crippen LogP contribution in [0.4, 0.5) is 10.5 Å². The summed E-state index contributed by atoms with van der Waals surface area (Å²) in [7, 11) is 0. The Morgan fingerprint density at radius 1 is 1.05 bits per heavy atom. The van der Waals surface area contributed by atoms with Crippen LogP contribution in [0.3, 0.4) is 0 Å². The molecule has 118 valence electrons. The van der Waals surface area contributed by atoms with Gasteiger partial charge in [-0.05, 0) is 86.0 Å². The van der Waals surface area contributed by atoms with Crippen LogP contribution in [0, 0.1) is 23.2 Å². The highest BCUT2D eigenvalue weighted by Crippen LogP contribution is 2.59. The van der Waals surface area contributed by atoms with Crippen LogP contribution >= 0.6 is 15.9 Å². The molecule has 0 heterocycles. The first-order valence-corrected chi connectivity index (χ1v) is 9.20. The van der Waals surface area contributed by atoms with Gasteiger partial charge in [-0.3, -0.25) is 0 Å². The lowest BCUT2D eigenvalue weighted by Gasteiger charge is -2.56. The highest BCUT2D eigenvalue weighted by Gasteiger charge is 2.50. The fourth-order valence-electron chi connectivity index (χ4n) is 5.48. The highest BCUT2D eigenvalue weighted by atomic mass is 79.9. The number of anilines is 1. The van der Waals surface area contributed by atoms with Gasteiger partial charge < -0.3 is 10.6 Å². The summed E-state index contributed by atoms with van der Waals surface area (Å²) < 4.78 is 1.02. The molecule has 3 nitrogen and oxygen atoms in total. The first-order valence-electron chi connectivity index (χ1n) is 8.41. The first kappa shape index (κ1) is 14.6. The number of carbonyl (C=O) groups excluding carboxylic acids is 1. The first-order chi connectivity index (χ1) is 10.6. The van der Waals surface area contributed by atoms with Crippen LogP contribution in [0.2, 0.25) is 0 Å². The number of hydrogen-bond donors (Lipinski definition) is 2. The lowest BCUT2D eigenvalue weighted by atomic mass is 9.49. The molecule has 22 heavy (non-hydrogen) atoms. The van der Waals surface area contributed by atoms with E-state index in [-0.39, 0.29) is 6.03 Å². The molecule has 2 amide bonds. The van der Waals surface area contributed by atoms with Gasteiger partial charge in [0.25, 0.3) is 0 Å². The Balaban J connectivity index is 1.34. The molecule has 1 aromatic rings. The zero-order valence-electron chi connectivity index (χ0n) is 12.8. The Kier molecular flexibility index (Phi) is 3.67. The molecule has 0 unspecified atom stereocenters. The number of carbonyl (C=O) groups is 1. The van der Waals surface area contributed by atoms with Crippen LogP contribution in [-0.2, 0) is 0 Å². The summed E-state index contributed by atoms with van der Waals surface area (Å²) in [5, 5.41) is 6.07. The van der Waals surface area contributed by atoms with Gasteiger partial charge in [-0.2, -0.15) is 0 Å². The molecule has 0 radical (unpaired) electrons. The Labute approximate surface area is 140 Å². The smallest absolute Gasteiger partial charge is 0.319 e. The minimum atomic E-state index is -0.0712. The molecule has 4 aliphatic carbocycles. The average Bonchev–Trinajstić information content (AvgIpc) is 2.46. The van der Waals surface area contributed by atoms with Gasteiger partial charge in [-0.25, -0.2) is 4.79 Å². The summed E-state index contributed by atoms with van der Waals surface area (Å²) in [6.45, 7) is 0.846. The molecule has 0 spiro atoms. The van der Waals surface area contributed by atoms with E-state index >= 15 is 0 Å². The van der Waals surface area contributed by atoms with E-state index in [1.54, 1.807) is 0 Å². The predicted molar refractivity (Wildman–Crippen MR) is 91.8 cm³/mol. The molecule has 0 saturated heterocycles. The van der Waals surface area contributed by atoms with Gasteiger partial charge in [-0.15, -0.1) is 0 Å². The lowest BCUT2D eigenvalue weighted by Crippen LogP contribution is -2.51. The summed E-state index contributed by atoms with van der Waals surface area (Å²) in [6, 6.07) is 7.63. The van der Waals surface area contributed by atoms with E-state index in [2.05, 4.69) is 26.6 Å². The molecule has 1 aromatic carbocycles. The van der Waals surface area contributed by atoms with Crippen molar-refractivity contribution >= 4 is 27.6 Å². The van der Waals surface area contributed by atoms with Crippen molar-refractivity contribution in [2.45, 2.75) is 38.5 Å². The van der Waals surface area contributed by atoms with Crippen molar-refractivity contribution in [3.05, 3.63) is 28.7 Å². The number of halogens is 1. The molecular formula is C18H23BrN2O. The van der Waals surface area contributed by atoms with Gasteiger partial charge in [0.2, 0.25) is 0 Å². The van der Waals surface area contributed by atoms with Crippen molar-refractivity contribution in [2.75, 3.05) is 11.9 Å². The van der Waals surface area contributed by atoms with Gasteiger partial charge >= 0.3 is 6.03 Å². The number of nitrogens with one attached hydrogen (secondary N) is 2. The van der Waals surface area contributed by atoms with Crippen LogP contribution in [0.1, 0.15) is 38.5 Å². The van der Waals surface area contributed by atoms with Crippen molar-refractivity contribution in [2.24, 2.45) is 23.2 Å². The van der Waals surface area contributed by atoms with Crippen molar-refractivity contribution in [3.63, 3.8) is 0 Å². The van der Waals surface area contributed by atoms with Gasteiger partial charge in [0.1, 0.15) is 0 Å². The number of rotatable bonds is 3. The summed E-state index contributed by atoms with van der Waals surface area (Å²) in [4.78, 5) is 12.2. The fraction of sp³-hybridized carbons (Fsp3) is 0.611. The third kappa shape index (κ3) is 2.90. The van der Waals surface area contributed by atoms with Gasteiger partial charge in [-0.1, -0.05) is 15.9 Å². The predicted octanol–water partition coefficient (Wildman–Crippen LogP) is 4.79. The zero-order valence-corrected chi connectivity index (χ0v) is 14.4. The molecule has 4 bridgehead atoms. The highest BCUT2D eigenvalue weighted by molar-refractivity contribution is 9.10. The maximum atomic E-state index is 12.2. The molecular weight excluding hydrogens is 340 g/mol. The number of amides is 2. The standard InChI is InChI=1S/C18H23BrN2O/c19-15-1-3-16(4-2-15)21-17(22)20-11-18-8-12-5-13(9-18)7-14(6-12)10-18/h1-4,12-14H,5-11H2,(H2,20,21,22). The molecule has 0 atom stereocenters. The van der Waals surface area contributed by atoms with E-state index in [1.165, 1.54) is 38.5 Å². The molecule has 4 aliphatic rings. The van der Waals surface area contributed by atoms with E-state index in [4.69, 9.17) is 0 Å². The number of benzene rings is 1. The monoisotopic (exact) mass is 362 g/mol. The van der Waals surface area contributed by atoms with E-state index in [9.17, 15) is 4.79 Å². The Bertz CT molecular complexity index is 534. The van der Waals surface area contributed by atoms with Crippen LogP contribution < -0.4 is 10.6 Å². The summed E-state index contributed by atoms with van der Waals surface area (Å²) in [5.41, 5.74) is 1.23. The minimum absolute atomic E-state index is 0.0712. The van der Waals surface area contributed by atoms with Crippen LogP contribution in [0.15, 0.2) is 28.7 Å². The molecule has 4 fully saturated rings. The van der Waals surface area contributed by atoms with E-state index in [0.717, 1.165) is 34.5 Å². The fourth-order valence-corrected chi connectivity index (χ4v) is 5.75. The molecule has 0 aliphatic heterocycles. The quantitative estimate of drug-likeness (QED) is 0.797. The third-order valence-corrected chi connectivity index (χ3v) is 6.42. The Hall–Kier alpha value is -1.03. The number of hydrogen-bond acceptors (Lipinski definition) is 1. The molecule has 4 heteroatoms. The SMILES string of the molecule is O=C(NCC12CC3CC(CC(C3)C1)C2)Nc1ccc(Br)cc1. The number of urea groups is 1. The van der Waals surface area contributed by atoms with Crippen LogP contribution in [-0.4, -0.2) is 12.6 Å². The maximum Gasteiger partial charge on any atom is 0.319 e. The van der Waals surface area contributed by atoms with E-state index < -0.39 is 0 Å². The molecule has 0 aromatic heterocycles. The summed E-state index contributed by atoms with van der Waals surface area (Å²) in [5.74, 6) is 2.80. The van der Waals surface area contributed by atoms with Crippen LogP contribution in [0.5, 0.6) is 0 Å². The lowest BCUT2D eigenvalue weighted by molar-refractivity contribution is -0.0496. The van der Waals surface area contributed by atoms with Crippen molar-refractivity contribution in [1.29, 1.82) is 0 Å².